The van der Waals surface area contributed by atoms with E-state index in [0.29, 0.717) is 0 Å². The van der Waals surface area contributed by atoms with Crippen molar-refractivity contribution < 1.29 is 9.90 Å². The molecule has 0 bridgehead atoms. The number of aromatic nitrogens is 1. The van der Waals surface area contributed by atoms with Crippen LogP contribution in [0.4, 0.5) is 0 Å². The van der Waals surface area contributed by atoms with Crippen LogP contribution >= 0.6 is 11.3 Å². The molecule has 1 aliphatic heterocycles. The highest BCUT2D eigenvalue weighted by atomic mass is 32.1. The maximum atomic E-state index is 11.2. The van der Waals surface area contributed by atoms with Crippen molar-refractivity contribution in [2.24, 2.45) is 0 Å². The Hall–Kier alpha value is -1.46. The second kappa shape index (κ2) is 4.90. The fourth-order valence-electron chi connectivity index (χ4n) is 2.69. The number of nitrogens with zero attached hydrogens (tertiary/aromatic N) is 2. The Balaban J connectivity index is 1.93. The number of benzene rings is 1. The van der Waals surface area contributed by atoms with Crippen molar-refractivity contribution in [3.63, 3.8) is 0 Å². The summed E-state index contributed by atoms with van der Waals surface area (Å²) in [5, 5.41) is 10.2. The Morgan fingerprint density at radius 1 is 1.53 bits per heavy atom. The third-order valence-electron chi connectivity index (χ3n) is 3.74. The number of thiazole rings is 1. The molecule has 0 spiro atoms. The third kappa shape index (κ3) is 2.24. The number of para-hydroxylation sites is 1. The van der Waals surface area contributed by atoms with Gasteiger partial charge in [-0.15, -0.1) is 11.3 Å². The molecule has 0 saturated carbocycles. The van der Waals surface area contributed by atoms with E-state index in [1.807, 2.05) is 18.2 Å². The molecule has 2 aromatic rings. The highest BCUT2D eigenvalue weighted by Gasteiger charge is 2.34. The largest absolute Gasteiger partial charge is 0.480 e. The number of hydrogen-bond donors (Lipinski definition) is 1. The number of likely N-dealkylation sites (tertiary alicyclic amines) is 1. The molecule has 2 atom stereocenters. The summed E-state index contributed by atoms with van der Waals surface area (Å²) >= 11 is 1.68. The van der Waals surface area contributed by atoms with E-state index in [2.05, 4.69) is 16.0 Å². The zero-order valence-electron chi connectivity index (χ0n) is 10.7. The summed E-state index contributed by atoms with van der Waals surface area (Å²) in [5.41, 5.74) is 1.01. The lowest BCUT2D eigenvalue weighted by Crippen LogP contribution is -2.38. The molecule has 1 fully saturated rings. The number of fused-ring (bicyclic) bond motifs is 1. The van der Waals surface area contributed by atoms with E-state index in [-0.39, 0.29) is 6.04 Å². The summed E-state index contributed by atoms with van der Waals surface area (Å²) in [6, 6.07) is 7.78. The predicted molar refractivity (Wildman–Crippen MR) is 75.4 cm³/mol. The predicted octanol–water partition coefficient (Wildman–Crippen LogP) is 2.91. The van der Waals surface area contributed by atoms with Gasteiger partial charge in [0.2, 0.25) is 0 Å². The van der Waals surface area contributed by atoms with Crippen LogP contribution in [0.25, 0.3) is 10.2 Å². The second-order valence-corrected chi connectivity index (χ2v) is 5.99. The Morgan fingerprint density at radius 3 is 3.05 bits per heavy atom. The number of rotatable bonds is 3. The summed E-state index contributed by atoms with van der Waals surface area (Å²) in [5.74, 6) is -0.756. The summed E-state index contributed by atoms with van der Waals surface area (Å²) in [7, 11) is 0. The van der Waals surface area contributed by atoms with Crippen molar-refractivity contribution in [1.29, 1.82) is 0 Å². The molecule has 1 aliphatic rings. The Bertz CT molecular complexity index is 577. The number of carboxylic acids is 1. The van der Waals surface area contributed by atoms with E-state index in [1.165, 1.54) is 4.70 Å². The van der Waals surface area contributed by atoms with Crippen molar-refractivity contribution in [1.82, 2.24) is 9.88 Å². The lowest BCUT2D eigenvalue weighted by atomic mass is 10.2. The molecule has 100 valence electrons. The van der Waals surface area contributed by atoms with Crippen molar-refractivity contribution in [2.75, 3.05) is 6.54 Å². The van der Waals surface area contributed by atoms with Gasteiger partial charge in [0, 0.05) is 0 Å². The molecule has 3 rings (SSSR count). The van der Waals surface area contributed by atoms with Crippen LogP contribution in [0, 0.1) is 0 Å². The summed E-state index contributed by atoms with van der Waals surface area (Å²) < 4.78 is 1.17. The van der Waals surface area contributed by atoms with Crippen LogP contribution in [-0.4, -0.2) is 33.5 Å². The molecule has 19 heavy (non-hydrogen) atoms. The van der Waals surface area contributed by atoms with Gasteiger partial charge < -0.3 is 5.11 Å². The first-order valence-corrected chi connectivity index (χ1v) is 7.32. The molecule has 0 amide bonds. The van der Waals surface area contributed by atoms with Gasteiger partial charge in [-0.05, 0) is 38.4 Å². The fraction of sp³-hybridized carbons (Fsp3) is 0.429. The number of aliphatic carboxylic acids is 1. The topological polar surface area (TPSA) is 53.4 Å². The summed E-state index contributed by atoms with van der Waals surface area (Å²) in [6.07, 6.45) is 2.04. The highest BCUT2D eigenvalue weighted by Crippen LogP contribution is 2.37. The monoisotopic (exact) mass is 276 g/mol. The standard InChI is InChI=1S/C14H16N2O2S/c1-9(14(17)18)16-8-4-6-11(16)13-15-10-5-2-3-7-12(10)19-13/h2-3,5,7,9,11H,4,6,8H2,1H3,(H,17,18). The molecule has 1 saturated heterocycles. The van der Waals surface area contributed by atoms with Crippen LogP contribution in [0.2, 0.25) is 0 Å². The molecule has 1 N–H and O–H groups in total. The number of hydrogen-bond acceptors (Lipinski definition) is 4. The van der Waals surface area contributed by atoms with Gasteiger partial charge in [-0.1, -0.05) is 12.1 Å². The quantitative estimate of drug-likeness (QED) is 0.936. The average Bonchev–Trinajstić information content (AvgIpc) is 3.03. The maximum absolute atomic E-state index is 11.2. The molecule has 4 nitrogen and oxygen atoms in total. The Kier molecular flexibility index (Phi) is 3.24. The Morgan fingerprint density at radius 2 is 2.32 bits per heavy atom. The van der Waals surface area contributed by atoms with Gasteiger partial charge in [0.25, 0.3) is 0 Å². The van der Waals surface area contributed by atoms with E-state index < -0.39 is 12.0 Å². The minimum Gasteiger partial charge on any atom is -0.480 e. The smallest absolute Gasteiger partial charge is 0.320 e. The SMILES string of the molecule is CC(C(=O)O)N1CCCC1c1nc2ccccc2s1. The summed E-state index contributed by atoms with van der Waals surface area (Å²) in [4.78, 5) is 17.9. The van der Waals surface area contributed by atoms with Gasteiger partial charge in [0.05, 0.1) is 16.3 Å². The second-order valence-electron chi connectivity index (χ2n) is 4.93. The average molecular weight is 276 g/mol. The van der Waals surface area contributed by atoms with Crippen LogP contribution < -0.4 is 0 Å². The van der Waals surface area contributed by atoms with Crippen molar-refractivity contribution in [3.05, 3.63) is 29.3 Å². The zero-order valence-corrected chi connectivity index (χ0v) is 11.6. The minimum atomic E-state index is -0.756. The van der Waals surface area contributed by atoms with Crippen LogP contribution in [0.15, 0.2) is 24.3 Å². The molecule has 1 aromatic carbocycles. The molecule has 5 heteroatoms. The van der Waals surface area contributed by atoms with Crippen molar-refractivity contribution >= 4 is 27.5 Å². The minimum absolute atomic E-state index is 0.156. The first-order valence-electron chi connectivity index (χ1n) is 6.51. The first-order chi connectivity index (χ1) is 9.16. The van der Waals surface area contributed by atoms with Gasteiger partial charge >= 0.3 is 5.97 Å². The van der Waals surface area contributed by atoms with Crippen LogP contribution in [0.5, 0.6) is 0 Å². The van der Waals surface area contributed by atoms with Gasteiger partial charge in [-0.2, -0.15) is 0 Å². The van der Waals surface area contributed by atoms with E-state index >= 15 is 0 Å². The number of carboxylic acid groups (broad SMARTS) is 1. The number of carbonyl (C=O) groups is 1. The van der Waals surface area contributed by atoms with Gasteiger partial charge in [0.15, 0.2) is 0 Å². The van der Waals surface area contributed by atoms with Gasteiger partial charge in [-0.25, -0.2) is 4.98 Å². The first kappa shape index (κ1) is 12.6. The summed E-state index contributed by atoms with van der Waals surface area (Å²) in [6.45, 7) is 2.60. The molecule has 0 radical (unpaired) electrons. The molecule has 0 aliphatic carbocycles. The molecular weight excluding hydrogens is 260 g/mol. The van der Waals surface area contributed by atoms with Crippen LogP contribution in [-0.2, 0) is 4.79 Å². The van der Waals surface area contributed by atoms with Gasteiger partial charge in [0.1, 0.15) is 11.0 Å². The molecule has 1 aromatic heterocycles. The normalized spacial score (nSPS) is 21.8. The zero-order chi connectivity index (χ0) is 13.4. The van der Waals surface area contributed by atoms with E-state index in [4.69, 9.17) is 0 Å². The van der Waals surface area contributed by atoms with Crippen LogP contribution in [0.1, 0.15) is 30.8 Å². The Labute approximate surface area is 115 Å². The fourth-order valence-corrected chi connectivity index (χ4v) is 3.82. The highest BCUT2D eigenvalue weighted by molar-refractivity contribution is 7.18. The van der Waals surface area contributed by atoms with Crippen molar-refractivity contribution in [2.45, 2.75) is 31.8 Å². The molecule has 2 heterocycles. The van der Waals surface area contributed by atoms with E-state index in [1.54, 1.807) is 18.3 Å². The lowest BCUT2D eigenvalue weighted by molar-refractivity contribution is -0.143. The third-order valence-corrected chi connectivity index (χ3v) is 4.88. The van der Waals surface area contributed by atoms with Crippen LogP contribution in [0.3, 0.4) is 0 Å². The molecular formula is C14H16N2O2S. The van der Waals surface area contributed by atoms with Crippen molar-refractivity contribution in [3.8, 4) is 0 Å². The maximum Gasteiger partial charge on any atom is 0.320 e. The molecule has 2 unspecified atom stereocenters. The van der Waals surface area contributed by atoms with Gasteiger partial charge in [-0.3, -0.25) is 9.69 Å². The van der Waals surface area contributed by atoms with E-state index in [0.717, 1.165) is 29.9 Å². The lowest BCUT2D eigenvalue weighted by Gasteiger charge is -2.26. The van der Waals surface area contributed by atoms with E-state index in [9.17, 15) is 9.90 Å².